The van der Waals surface area contributed by atoms with Crippen molar-refractivity contribution in [3.8, 4) is 0 Å². The monoisotopic (exact) mass is 227 g/mol. The van der Waals surface area contributed by atoms with Crippen molar-refractivity contribution in [3.05, 3.63) is 17.3 Å². The first-order valence-electron chi connectivity index (χ1n) is 5.19. The van der Waals surface area contributed by atoms with Crippen molar-refractivity contribution in [1.29, 1.82) is 0 Å². The highest BCUT2D eigenvalue weighted by molar-refractivity contribution is 6.29. The zero-order chi connectivity index (χ0) is 10.5. The second-order valence-electron chi connectivity index (χ2n) is 3.61. The molecule has 82 valence electrons. The summed E-state index contributed by atoms with van der Waals surface area (Å²) in [6.07, 6.45) is 3.85. The zero-order valence-electron chi connectivity index (χ0n) is 8.45. The Balaban J connectivity index is 1.79. The Labute approximate surface area is 94.0 Å². The molecule has 1 aliphatic heterocycles. The van der Waals surface area contributed by atoms with Crippen LogP contribution in [-0.4, -0.2) is 29.5 Å². The maximum Gasteiger partial charge on any atom is 0.151 e. The van der Waals surface area contributed by atoms with Gasteiger partial charge < -0.3 is 10.1 Å². The van der Waals surface area contributed by atoms with Crippen LogP contribution in [0.1, 0.15) is 19.3 Å². The molecule has 1 saturated heterocycles. The molecule has 1 aliphatic rings. The van der Waals surface area contributed by atoms with E-state index in [1.165, 1.54) is 12.8 Å². The summed E-state index contributed by atoms with van der Waals surface area (Å²) >= 11 is 5.63. The van der Waals surface area contributed by atoms with Gasteiger partial charge in [-0.1, -0.05) is 11.6 Å². The van der Waals surface area contributed by atoms with Crippen LogP contribution in [0.5, 0.6) is 0 Å². The topological polar surface area (TPSA) is 47.0 Å². The molecule has 0 aliphatic carbocycles. The molecule has 1 fully saturated rings. The van der Waals surface area contributed by atoms with Gasteiger partial charge in [-0.25, -0.2) is 0 Å². The Morgan fingerprint density at radius 3 is 3.00 bits per heavy atom. The Bertz CT molecular complexity index is 298. The van der Waals surface area contributed by atoms with E-state index in [0.29, 0.717) is 11.3 Å². The highest BCUT2D eigenvalue weighted by Gasteiger charge is 2.13. The third kappa shape index (κ3) is 3.32. The second-order valence-corrected chi connectivity index (χ2v) is 4.00. The molecule has 1 aromatic heterocycles. The molecule has 4 nitrogen and oxygen atoms in total. The molecule has 0 bridgehead atoms. The Hall–Kier alpha value is -0.870. The van der Waals surface area contributed by atoms with Crippen molar-refractivity contribution in [2.75, 3.05) is 18.5 Å². The lowest BCUT2D eigenvalue weighted by atomic mass is 10.1. The number of aromatic nitrogens is 2. The van der Waals surface area contributed by atoms with Crippen LogP contribution >= 0.6 is 11.6 Å². The van der Waals surface area contributed by atoms with E-state index >= 15 is 0 Å². The summed E-state index contributed by atoms with van der Waals surface area (Å²) in [5.41, 5.74) is 0. The minimum atomic E-state index is 0.302. The molecule has 2 heterocycles. The summed E-state index contributed by atoms with van der Waals surface area (Å²) in [4.78, 5) is 0. The molecular formula is C10H14ClN3O. The third-order valence-corrected chi connectivity index (χ3v) is 2.62. The van der Waals surface area contributed by atoms with Crippen molar-refractivity contribution in [2.24, 2.45) is 0 Å². The van der Waals surface area contributed by atoms with E-state index in [4.69, 9.17) is 16.3 Å². The number of halogens is 1. The molecule has 1 N–H and O–H groups in total. The Morgan fingerprint density at radius 2 is 2.33 bits per heavy atom. The van der Waals surface area contributed by atoms with Gasteiger partial charge in [0.05, 0.1) is 6.10 Å². The Morgan fingerprint density at radius 1 is 1.40 bits per heavy atom. The molecule has 0 saturated carbocycles. The molecule has 0 radical (unpaired) electrons. The smallest absolute Gasteiger partial charge is 0.151 e. The van der Waals surface area contributed by atoms with E-state index in [1.54, 1.807) is 6.07 Å². The number of anilines is 1. The lowest BCUT2D eigenvalue weighted by Gasteiger charge is -2.22. The van der Waals surface area contributed by atoms with E-state index in [0.717, 1.165) is 25.4 Å². The fourth-order valence-electron chi connectivity index (χ4n) is 1.60. The van der Waals surface area contributed by atoms with Crippen LogP contribution in [0.15, 0.2) is 12.1 Å². The number of hydrogen-bond donors (Lipinski definition) is 1. The van der Waals surface area contributed by atoms with Crippen molar-refractivity contribution in [2.45, 2.75) is 25.4 Å². The lowest BCUT2D eigenvalue weighted by Crippen LogP contribution is -2.27. The minimum Gasteiger partial charge on any atom is -0.376 e. The average molecular weight is 228 g/mol. The van der Waals surface area contributed by atoms with E-state index in [9.17, 15) is 0 Å². The van der Waals surface area contributed by atoms with Crippen LogP contribution in [0.3, 0.4) is 0 Å². The van der Waals surface area contributed by atoms with Crippen molar-refractivity contribution >= 4 is 17.4 Å². The molecule has 1 unspecified atom stereocenters. The van der Waals surface area contributed by atoms with Gasteiger partial charge in [-0.2, -0.15) is 0 Å². The third-order valence-electron chi connectivity index (χ3n) is 2.42. The molecule has 1 aromatic rings. The fourth-order valence-corrected chi connectivity index (χ4v) is 1.70. The highest BCUT2D eigenvalue weighted by atomic mass is 35.5. The first-order valence-corrected chi connectivity index (χ1v) is 5.57. The quantitative estimate of drug-likeness (QED) is 0.859. The summed E-state index contributed by atoms with van der Waals surface area (Å²) in [7, 11) is 0. The Kier molecular flexibility index (Phi) is 3.75. The summed E-state index contributed by atoms with van der Waals surface area (Å²) in [6.45, 7) is 1.66. The van der Waals surface area contributed by atoms with Gasteiger partial charge >= 0.3 is 0 Å². The normalized spacial score (nSPS) is 21.3. The van der Waals surface area contributed by atoms with E-state index in [-0.39, 0.29) is 0 Å². The number of hydrogen-bond acceptors (Lipinski definition) is 4. The number of ether oxygens (including phenoxy) is 1. The molecule has 0 amide bonds. The number of rotatable bonds is 3. The second kappa shape index (κ2) is 5.28. The summed E-state index contributed by atoms with van der Waals surface area (Å²) in [5.74, 6) is 0.744. The molecule has 15 heavy (non-hydrogen) atoms. The van der Waals surface area contributed by atoms with Crippen molar-refractivity contribution in [3.63, 3.8) is 0 Å². The van der Waals surface area contributed by atoms with E-state index in [1.807, 2.05) is 6.07 Å². The average Bonchev–Trinajstić information content (AvgIpc) is 2.30. The number of nitrogens with one attached hydrogen (secondary N) is 1. The molecular weight excluding hydrogens is 214 g/mol. The van der Waals surface area contributed by atoms with E-state index in [2.05, 4.69) is 15.5 Å². The van der Waals surface area contributed by atoms with Crippen LogP contribution < -0.4 is 5.32 Å². The first-order chi connectivity index (χ1) is 7.34. The van der Waals surface area contributed by atoms with Crippen LogP contribution in [-0.2, 0) is 4.74 Å². The van der Waals surface area contributed by atoms with Crippen molar-refractivity contribution < 1.29 is 4.74 Å². The van der Waals surface area contributed by atoms with Gasteiger partial charge in [0, 0.05) is 13.2 Å². The fraction of sp³-hybridized carbons (Fsp3) is 0.600. The molecule has 2 rings (SSSR count). The highest BCUT2D eigenvalue weighted by Crippen LogP contribution is 2.13. The summed E-state index contributed by atoms with van der Waals surface area (Å²) < 4.78 is 5.59. The van der Waals surface area contributed by atoms with Crippen molar-refractivity contribution in [1.82, 2.24) is 10.2 Å². The van der Waals surface area contributed by atoms with E-state index < -0.39 is 0 Å². The zero-order valence-corrected chi connectivity index (χ0v) is 9.20. The molecule has 0 spiro atoms. The largest absolute Gasteiger partial charge is 0.376 e. The molecule has 5 heteroatoms. The van der Waals surface area contributed by atoms with Gasteiger partial charge in [0.25, 0.3) is 0 Å². The maximum absolute atomic E-state index is 5.63. The SMILES string of the molecule is Clc1ccc(NCC2CCCCO2)nn1. The van der Waals surface area contributed by atoms with Crippen LogP contribution in [0.4, 0.5) is 5.82 Å². The standard InChI is InChI=1S/C10H14ClN3O/c11-9-4-5-10(14-13-9)12-7-8-3-1-2-6-15-8/h4-5,8H,1-3,6-7H2,(H,12,14). The van der Waals surface area contributed by atoms with Gasteiger partial charge in [0.1, 0.15) is 5.82 Å². The predicted molar refractivity (Wildman–Crippen MR) is 59.1 cm³/mol. The van der Waals surface area contributed by atoms with Gasteiger partial charge in [-0.15, -0.1) is 10.2 Å². The summed E-state index contributed by atoms with van der Waals surface area (Å²) in [6, 6.07) is 3.54. The van der Waals surface area contributed by atoms with Gasteiger partial charge in [-0.05, 0) is 31.4 Å². The van der Waals surface area contributed by atoms with Gasteiger partial charge in [0.15, 0.2) is 5.15 Å². The van der Waals surface area contributed by atoms with Gasteiger partial charge in [0.2, 0.25) is 0 Å². The van der Waals surface area contributed by atoms with Crippen LogP contribution in [0.2, 0.25) is 5.15 Å². The first kappa shape index (κ1) is 10.6. The maximum atomic E-state index is 5.63. The van der Waals surface area contributed by atoms with Crippen LogP contribution in [0.25, 0.3) is 0 Å². The number of nitrogens with zero attached hydrogens (tertiary/aromatic N) is 2. The van der Waals surface area contributed by atoms with Gasteiger partial charge in [-0.3, -0.25) is 0 Å². The summed E-state index contributed by atoms with van der Waals surface area (Å²) in [5, 5.41) is 11.3. The minimum absolute atomic E-state index is 0.302. The molecule has 0 aromatic carbocycles. The lowest BCUT2D eigenvalue weighted by molar-refractivity contribution is 0.0247. The predicted octanol–water partition coefficient (Wildman–Crippen LogP) is 2.11. The molecule has 1 atom stereocenters. The van der Waals surface area contributed by atoms with Crippen LogP contribution in [0, 0.1) is 0 Å².